The summed E-state index contributed by atoms with van der Waals surface area (Å²) in [6.07, 6.45) is 0. The van der Waals surface area contributed by atoms with Crippen molar-refractivity contribution in [1.82, 2.24) is 0 Å². The molecule has 0 saturated carbocycles. The standard InChI is InChI=1S/C19H18F2O4S/c1-4-23-18(22)11-8-9-13(20)16(21)12(11)10-26-15-7-5-6-14-17(15)25-19(2,3)24-14/h5-9H,4,10H2,1-3H3. The van der Waals surface area contributed by atoms with Crippen LogP contribution in [0, 0.1) is 11.6 Å². The van der Waals surface area contributed by atoms with Gasteiger partial charge in [-0.1, -0.05) is 6.07 Å². The van der Waals surface area contributed by atoms with Crippen LogP contribution in [0.3, 0.4) is 0 Å². The Balaban J connectivity index is 1.89. The van der Waals surface area contributed by atoms with E-state index in [0.717, 1.165) is 6.07 Å². The molecule has 4 nitrogen and oxygen atoms in total. The minimum atomic E-state index is -1.05. The Hall–Kier alpha value is -2.28. The third-order valence-corrected chi connectivity index (χ3v) is 4.78. The van der Waals surface area contributed by atoms with Gasteiger partial charge in [-0.15, -0.1) is 11.8 Å². The van der Waals surface area contributed by atoms with E-state index in [0.29, 0.717) is 16.4 Å². The van der Waals surface area contributed by atoms with E-state index in [4.69, 9.17) is 14.2 Å². The molecule has 0 bridgehead atoms. The average Bonchev–Trinajstić information content (AvgIpc) is 2.90. The lowest BCUT2D eigenvalue weighted by atomic mass is 10.1. The van der Waals surface area contributed by atoms with Gasteiger partial charge in [0, 0.05) is 25.2 Å². The first-order chi connectivity index (χ1) is 12.3. The zero-order valence-electron chi connectivity index (χ0n) is 14.6. The molecular formula is C19H18F2O4S. The van der Waals surface area contributed by atoms with Crippen LogP contribution in [0.5, 0.6) is 11.5 Å². The number of rotatable bonds is 5. The van der Waals surface area contributed by atoms with Gasteiger partial charge < -0.3 is 14.2 Å². The molecule has 0 amide bonds. The predicted molar refractivity (Wildman–Crippen MR) is 93.7 cm³/mol. The molecule has 0 unspecified atom stereocenters. The van der Waals surface area contributed by atoms with Crippen molar-refractivity contribution in [2.45, 2.75) is 37.2 Å². The number of carbonyl (C=O) groups excluding carboxylic acids is 1. The van der Waals surface area contributed by atoms with E-state index in [1.807, 2.05) is 0 Å². The molecule has 0 aliphatic carbocycles. The van der Waals surface area contributed by atoms with Crippen molar-refractivity contribution in [3.05, 3.63) is 53.1 Å². The SMILES string of the molecule is CCOC(=O)c1ccc(F)c(F)c1CSc1cccc2c1OC(C)(C)O2. The number of hydrogen-bond acceptors (Lipinski definition) is 5. The highest BCUT2D eigenvalue weighted by molar-refractivity contribution is 7.98. The number of para-hydroxylation sites is 1. The Morgan fingerprint density at radius 1 is 1.19 bits per heavy atom. The molecule has 0 N–H and O–H groups in total. The number of fused-ring (bicyclic) bond motifs is 1. The summed E-state index contributed by atoms with van der Waals surface area (Å²) in [5.41, 5.74) is -0.0208. The lowest BCUT2D eigenvalue weighted by Gasteiger charge is -2.16. The predicted octanol–water partition coefficient (Wildman–Crippen LogP) is 4.94. The van der Waals surface area contributed by atoms with E-state index in [2.05, 4.69) is 0 Å². The van der Waals surface area contributed by atoms with E-state index < -0.39 is 23.4 Å². The summed E-state index contributed by atoms with van der Waals surface area (Å²) in [4.78, 5) is 12.8. The molecule has 1 heterocycles. The molecule has 7 heteroatoms. The molecule has 0 saturated heterocycles. The van der Waals surface area contributed by atoms with E-state index in [1.54, 1.807) is 39.0 Å². The molecule has 1 aliphatic rings. The normalized spacial score (nSPS) is 14.3. The molecule has 0 aromatic heterocycles. The zero-order valence-corrected chi connectivity index (χ0v) is 15.4. The quantitative estimate of drug-likeness (QED) is 0.543. The van der Waals surface area contributed by atoms with Crippen molar-refractivity contribution in [3.8, 4) is 11.5 Å². The van der Waals surface area contributed by atoms with Crippen LogP contribution in [0.15, 0.2) is 35.2 Å². The molecule has 0 radical (unpaired) electrons. The summed E-state index contributed by atoms with van der Waals surface area (Å²) in [5, 5.41) is 0. The molecule has 2 aromatic carbocycles. The topological polar surface area (TPSA) is 44.8 Å². The van der Waals surface area contributed by atoms with Crippen molar-refractivity contribution in [1.29, 1.82) is 0 Å². The van der Waals surface area contributed by atoms with Gasteiger partial charge in [-0.2, -0.15) is 0 Å². The average molecular weight is 380 g/mol. The van der Waals surface area contributed by atoms with Gasteiger partial charge in [0.25, 0.3) is 0 Å². The van der Waals surface area contributed by atoms with Crippen molar-refractivity contribution < 1.29 is 27.8 Å². The number of ether oxygens (including phenoxy) is 3. The van der Waals surface area contributed by atoms with Gasteiger partial charge in [-0.05, 0) is 31.2 Å². The fraction of sp³-hybridized carbons (Fsp3) is 0.316. The monoisotopic (exact) mass is 380 g/mol. The molecule has 2 aromatic rings. The van der Waals surface area contributed by atoms with Gasteiger partial charge in [-0.3, -0.25) is 0 Å². The minimum Gasteiger partial charge on any atom is -0.462 e. The first kappa shape index (κ1) is 18.5. The molecule has 138 valence electrons. The number of esters is 1. The molecule has 0 atom stereocenters. The summed E-state index contributed by atoms with van der Waals surface area (Å²) in [6.45, 7) is 5.37. The maximum atomic E-state index is 14.3. The molecule has 3 rings (SSSR count). The van der Waals surface area contributed by atoms with Crippen LogP contribution < -0.4 is 9.47 Å². The van der Waals surface area contributed by atoms with E-state index in [1.165, 1.54) is 17.8 Å². The second-order valence-corrected chi connectivity index (χ2v) is 7.10. The summed E-state index contributed by atoms with van der Waals surface area (Å²) in [6, 6.07) is 7.54. The summed E-state index contributed by atoms with van der Waals surface area (Å²) < 4.78 is 44.4. The molecule has 0 spiro atoms. The van der Waals surface area contributed by atoms with Crippen LogP contribution in [0.2, 0.25) is 0 Å². The van der Waals surface area contributed by atoms with E-state index >= 15 is 0 Å². The van der Waals surface area contributed by atoms with Crippen molar-refractivity contribution in [2.24, 2.45) is 0 Å². The first-order valence-corrected chi connectivity index (χ1v) is 9.09. The fourth-order valence-corrected chi connectivity index (χ4v) is 3.64. The minimum absolute atomic E-state index is 0.0170. The Kier molecular flexibility index (Phi) is 5.09. The lowest BCUT2D eigenvalue weighted by molar-refractivity contribution is -0.0441. The largest absolute Gasteiger partial charge is 0.462 e. The van der Waals surface area contributed by atoms with Gasteiger partial charge >= 0.3 is 5.97 Å². The second kappa shape index (κ2) is 7.15. The van der Waals surface area contributed by atoms with E-state index in [-0.39, 0.29) is 23.5 Å². The zero-order chi connectivity index (χ0) is 18.9. The van der Waals surface area contributed by atoms with Gasteiger partial charge in [0.15, 0.2) is 23.1 Å². The maximum absolute atomic E-state index is 14.3. The number of hydrogen-bond donors (Lipinski definition) is 0. The molecule has 26 heavy (non-hydrogen) atoms. The number of carbonyl (C=O) groups is 1. The molecule has 1 aliphatic heterocycles. The van der Waals surface area contributed by atoms with Crippen molar-refractivity contribution in [2.75, 3.05) is 6.61 Å². The maximum Gasteiger partial charge on any atom is 0.338 e. The van der Waals surface area contributed by atoms with Gasteiger partial charge in [-0.25, -0.2) is 13.6 Å². The molecule has 0 fully saturated rings. The van der Waals surface area contributed by atoms with E-state index in [9.17, 15) is 13.6 Å². The third-order valence-electron chi connectivity index (χ3n) is 3.71. The smallest absolute Gasteiger partial charge is 0.338 e. The number of benzene rings is 2. The van der Waals surface area contributed by atoms with Crippen molar-refractivity contribution in [3.63, 3.8) is 0 Å². The van der Waals surface area contributed by atoms with Crippen molar-refractivity contribution >= 4 is 17.7 Å². The molecular weight excluding hydrogens is 362 g/mol. The third kappa shape index (κ3) is 3.62. The van der Waals surface area contributed by atoms with Gasteiger partial charge in [0.05, 0.1) is 17.1 Å². The first-order valence-electron chi connectivity index (χ1n) is 8.10. The Morgan fingerprint density at radius 2 is 1.96 bits per heavy atom. The van der Waals surface area contributed by atoms with Crippen LogP contribution in [-0.4, -0.2) is 18.4 Å². The fourth-order valence-electron chi connectivity index (χ4n) is 2.61. The van der Waals surface area contributed by atoms with Crippen LogP contribution in [0.1, 0.15) is 36.7 Å². The highest BCUT2D eigenvalue weighted by atomic mass is 32.2. The Morgan fingerprint density at radius 3 is 2.69 bits per heavy atom. The highest BCUT2D eigenvalue weighted by Crippen LogP contribution is 2.46. The Labute approximate surface area is 154 Å². The number of thioether (sulfide) groups is 1. The van der Waals surface area contributed by atoms with Crippen LogP contribution in [0.25, 0.3) is 0 Å². The van der Waals surface area contributed by atoms with Crippen LogP contribution >= 0.6 is 11.8 Å². The summed E-state index contributed by atoms with van der Waals surface area (Å²) >= 11 is 1.23. The highest BCUT2D eigenvalue weighted by Gasteiger charge is 2.33. The number of halogens is 2. The Bertz CT molecular complexity index is 852. The van der Waals surface area contributed by atoms with Crippen LogP contribution in [0.4, 0.5) is 8.78 Å². The van der Waals surface area contributed by atoms with Crippen LogP contribution in [-0.2, 0) is 10.5 Å². The second-order valence-electron chi connectivity index (χ2n) is 6.08. The van der Waals surface area contributed by atoms with Gasteiger partial charge in [0.2, 0.25) is 5.79 Å². The van der Waals surface area contributed by atoms with Gasteiger partial charge in [0.1, 0.15) is 0 Å². The summed E-state index contributed by atoms with van der Waals surface area (Å²) in [5.74, 6) is -2.35. The lowest BCUT2D eigenvalue weighted by Crippen LogP contribution is -2.29. The summed E-state index contributed by atoms with van der Waals surface area (Å²) in [7, 11) is 0.